The van der Waals surface area contributed by atoms with E-state index < -0.39 is 0 Å². The Bertz CT molecular complexity index is 429. The lowest BCUT2D eigenvalue weighted by atomic mass is 9.98. The molecule has 3 nitrogen and oxygen atoms in total. The molecule has 0 fully saturated rings. The molecule has 1 N–H and O–H groups in total. The van der Waals surface area contributed by atoms with Crippen molar-refractivity contribution >= 4 is 0 Å². The molecule has 1 aliphatic heterocycles. The fraction of sp³-hybridized carbons (Fsp3) is 0.467. The molecular formula is C15H21NO2. The molecule has 0 radical (unpaired) electrons. The summed E-state index contributed by atoms with van der Waals surface area (Å²) in [5.74, 6) is 1.75. The molecule has 18 heavy (non-hydrogen) atoms. The Balaban J connectivity index is 2.22. The molecule has 0 spiro atoms. The van der Waals surface area contributed by atoms with E-state index in [0.717, 1.165) is 24.3 Å². The van der Waals surface area contributed by atoms with Crippen LogP contribution >= 0.6 is 0 Å². The summed E-state index contributed by atoms with van der Waals surface area (Å²) in [6, 6.07) is 6.36. The van der Waals surface area contributed by atoms with E-state index in [4.69, 9.17) is 9.47 Å². The van der Waals surface area contributed by atoms with Crippen LogP contribution in [0.4, 0.5) is 0 Å². The van der Waals surface area contributed by atoms with Gasteiger partial charge < -0.3 is 14.8 Å². The second-order valence-electron chi connectivity index (χ2n) is 4.71. The van der Waals surface area contributed by atoms with E-state index in [0.29, 0.717) is 13.2 Å². The number of benzene rings is 1. The molecule has 1 heterocycles. The molecule has 1 aromatic carbocycles. The highest BCUT2D eigenvalue weighted by atomic mass is 16.6. The second-order valence-corrected chi connectivity index (χ2v) is 4.71. The Hall–Kier alpha value is -1.48. The zero-order valence-electron chi connectivity index (χ0n) is 11.2. The minimum absolute atomic E-state index is 0.276. The van der Waals surface area contributed by atoms with Gasteiger partial charge in [-0.15, -0.1) is 6.58 Å². The first-order valence-corrected chi connectivity index (χ1v) is 6.42. The average Bonchev–Trinajstić information content (AvgIpc) is 2.39. The quantitative estimate of drug-likeness (QED) is 0.811. The van der Waals surface area contributed by atoms with Crippen LogP contribution < -0.4 is 14.8 Å². The van der Waals surface area contributed by atoms with E-state index in [1.54, 1.807) is 0 Å². The molecular weight excluding hydrogens is 226 g/mol. The first-order chi connectivity index (χ1) is 8.72. The van der Waals surface area contributed by atoms with Crippen molar-refractivity contribution in [3.8, 4) is 11.5 Å². The van der Waals surface area contributed by atoms with Gasteiger partial charge in [0.1, 0.15) is 13.2 Å². The summed E-state index contributed by atoms with van der Waals surface area (Å²) in [6.45, 7) is 7.28. The Morgan fingerprint density at radius 2 is 2.17 bits per heavy atom. The Kier molecular flexibility index (Phi) is 4.26. The number of hydrogen-bond acceptors (Lipinski definition) is 3. The predicted molar refractivity (Wildman–Crippen MR) is 73.3 cm³/mol. The van der Waals surface area contributed by atoms with Crippen molar-refractivity contribution in [3.63, 3.8) is 0 Å². The van der Waals surface area contributed by atoms with Crippen molar-refractivity contribution in [1.82, 2.24) is 5.32 Å². The van der Waals surface area contributed by atoms with E-state index in [1.165, 1.54) is 11.1 Å². The van der Waals surface area contributed by atoms with Crippen molar-refractivity contribution in [2.75, 3.05) is 20.3 Å². The highest BCUT2D eigenvalue weighted by molar-refractivity contribution is 5.48. The summed E-state index contributed by atoms with van der Waals surface area (Å²) in [6.07, 6.45) is 2.03. The number of allylic oxidation sites excluding steroid dienone is 1. The molecule has 0 bridgehead atoms. The van der Waals surface area contributed by atoms with Crippen LogP contribution in [0.1, 0.15) is 31.4 Å². The summed E-state index contributed by atoms with van der Waals surface area (Å²) in [4.78, 5) is 0. The van der Waals surface area contributed by atoms with Gasteiger partial charge in [-0.05, 0) is 32.9 Å². The van der Waals surface area contributed by atoms with Crippen LogP contribution in [0, 0.1) is 0 Å². The normalized spacial score (nSPS) is 15.2. The first kappa shape index (κ1) is 13.0. The molecule has 0 aliphatic carbocycles. The van der Waals surface area contributed by atoms with Gasteiger partial charge in [-0.2, -0.15) is 0 Å². The van der Waals surface area contributed by atoms with E-state index in [1.807, 2.05) is 19.2 Å². The van der Waals surface area contributed by atoms with E-state index in [2.05, 4.69) is 24.9 Å². The second kappa shape index (κ2) is 5.91. The van der Waals surface area contributed by atoms with Gasteiger partial charge in [0, 0.05) is 11.6 Å². The molecule has 1 atom stereocenters. The molecule has 0 amide bonds. The lowest BCUT2D eigenvalue weighted by molar-refractivity contribution is 0.168. The smallest absolute Gasteiger partial charge is 0.166 e. The van der Waals surface area contributed by atoms with Crippen LogP contribution in [0.25, 0.3) is 0 Å². The number of hydrogen-bond donors (Lipinski definition) is 1. The van der Waals surface area contributed by atoms with Gasteiger partial charge in [0.15, 0.2) is 11.5 Å². The molecule has 98 valence electrons. The Labute approximate surface area is 109 Å². The van der Waals surface area contributed by atoms with Gasteiger partial charge in [-0.25, -0.2) is 0 Å². The maximum atomic E-state index is 5.76. The van der Waals surface area contributed by atoms with Gasteiger partial charge >= 0.3 is 0 Å². The fourth-order valence-corrected chi connectivity index (χ4v) is 2.22. The number of ether oxygens (including phenoxy) is 2. The minimum atomic E-state index is 0.276. The van der Waals surface area contributed by atoms with Crippen molar-refractivity contribution in [3.05, 3.63) is 35.9 Å². The Morgan fingerprint density at radius 1 is 1.39 bits per heavy atom. The SMILES string of the molecule is C=C(C)CCC(NC)c1cccc2c1OCCO2. The maximum absolute atomic E-state index is 5.76. The molecule has 1 aromatic rings. The average molecular weight is 247 g/mol. The highest BCUT2D eigenvalue weighted by Gasteiger charge is 2.20. The first-order valence-electron chi connectivity index (χ1n) is 6.42. The monoisotopic (exact) mass is 247 g/mol. The van der Waals surface area contributed by atoms with Crippen LogP contribution in [-0.2, 0) is 0 Å². The molecule has 1 unspecified atom stereocenters. The maximum Gasteiger partial charge on any atom is 0.166 e. The van der Waals surface area contributed by atoms with Gasteiger partial charge in [-0.1, -0.05) is 17.7 Å². The van der Waals surface area contributed by atoms with Crippen LogP contribution in [-0.4, -0.2) is 20.3 Å². The van der Waals surface area contributed by atoms with Crippen molar-refractivity contribution in [2.24, 2.45) is 0 Å². The van der Waals surface area contributed by atoms with Gasteiger partial charge in [0.25, 0.3) is 0 Å². The highest BCUT2D eigenvalue weighted by Crippen LogP contribution is 2.38. The standard InChI is InChI=1S/C15H21NO2/c1-11(2)7-8-13(16-3)12-5-4-6-14-15(12)18-10-9-17-14/h4-6,13,16H,1,7-10H2,2-3H3. The van der Waals surface area contributed by atoms with Crippen LogP contribution in [0.3, 0.4) is 0 Å². The van der Waals surface area contributed by atoms with Gasteiger partial charge in [0.05, 0.1) is 0 Å². The molecule has 1 aliphatic rings. The predicted octanol–water partition coefficient (Wildman–Crippen LogP) is 3.07. The zero-order chi connectivity index (χ0) is 13.0. The largest absolute Gasteiger partial charge is 0.486 e. The molecule has 0 aromatic heterocycles. The summed E-state index contributed by atoms with van der Waals surface area (Å²) in [7, 11) is 1.98. The third-order valence-electron chi connectivity index (χ3n) is 3.18. The molecule has 0 saturated carbocycles. The van der Waals surface area contributed by atoms with Gasteiger partial charge in [-0.3, -0.25) is 0 Å². The van der Waals surface area contributed by atoms with Gasteiger partial charge in [0.2, 0.25) is 0 Å². The summed E-state index contributed by atoms with van der Waals surface area (Å²) in [5, 5.41) is 3.35. The molecule has 2 rings (SSSR count). The lowest BCUT2D eigenvalue weighted by Gasteiger charge is -2.25. The lowest BCUT2D eigenvalue weighted by Crippen LogP contribution is -2.21. The minimum Gasteiger partial charge on any atom is -0.486 e. The number of nitrogens with one attached hydrogen (secondary N) is 1. The topological polar surface area (TPSA) is 30.5 Å². The summed E-state index contributed by atoms with van der Waals surface area (Å²) < 4.78 is 11.4. The fourth-order valence-electron chi connectivity index (χ4n) is 2.22. The third kappa shape index (κ3) is 2.85. The van der Waals surface area contributed by atoms with Crippen LogP contribution in [0.2, 0.25) is 0 Å². The number of rotatable bonds is 5. The van der Waals surface area contributed by atoms with Crippen molar-refractivity contribution < 1.29 is 9.47 Å². The van der Waals surface area contributed by atoms with Crippen molar-refractivity contribution in [1.29, 1.82) is 0 Å². The summed E-state index contributed by atoms with van der Waals surface area (Å²) in [5.41, 5.74) is 2.38. The van der Waals surface area contributed by atoms with E-state index >= 15 is 0 Å². The number of para-hydroxylation sites is 1. The van der Waals surface area contributed by atoms with Crippen LogP contribution in [0.15, 0.2) is 30.4 Å². The number of fused-ring (bicyclic) bond motifs is 1. The third-order valence-corrected chi connectivity index (χ3v) is 3.18. The zero-order valence-corrected chi connectivity index (χ0v) is 11.2. The molecule has 3 heteroatoms. The summed E-state index contributed by atoms with van der Waals surface area (Å²) >= 11 is 0. The van der Waals surface area contributed by atoms with Crippen LogP contribution in [0.5, 0.6) is 11.5 Å². The molecule has 0 saturated heterocycles. The van der Waals surface area contributed by atoms with E-state index in [9.17, 15) is 0 Å². The van der Waals surface area contributed by atoms with E-state index in [-0.39, 0.29) is 6.04 Å². The van der Waals surface area contributed by atoms with Crippen molar-refractivity contribution in [2.45, 2.75) is 25.8 Å². The Morgan fingerprint density at radius 3 is 2.89 bits per heavy atom.